The summed E-state index contributed by atoms with van der Waals surface area (Å²) in [5.41, 5.74) is -0.157. The van der Waals surface area contributed by atoms with E-state index >= 15 is 0 Å². The van der Waals surface area contributed by atoms with Gasteiger partial charge in [0.15, 0.2) is 5.69 Å². The molecule has 2 aromatic rings. The van der Waals surface area contributed by atoms with Crippen LogP contribution in [0.1, 0.15) is 45.6 Å². The third kappa shape index (κ3) is 3.10. The molecule has 2 N–H and O–H groups in total. The number of hydrogen-bond acceptors (Lipinski definition) is 7. The highest BCUT2D eigenvalue weighted by Gasteiger charge is 2.29. The lowest BCUT2D eigenvalue weighted by Gasteiger charge is -2.30. The van der Waals surface area contributed by atoms with Crippen molar-refractivity contribution in [1.29, 1.82) is 0 Å². The quantitative estimate of drug-likeness (QED) is 0.796. The molecule has 0 saturated carbocycles. The van der Waals surface area contributed by atoms with Gasteiger partial charge in [0.2, 0.25) is 5.89 Å². The Labute approximate surface area is 129 Å². The zero-order valence-corrected chi connectivity index (χ0v) is 11.9. The monoisotopic (exact) mass is 319 g/mol. The van der Waals surface area contributed by atoms with Crippen molar-refractivity contribution in [3.8, 4) is 0 Å². The maximum absolute atomic E-state index is 12.4. The van der Waals surface area contributed by atoms with Crippen LogP contribution in [-0.2, 0) is 0 Å². The number of aromatic amines is 1. The van der Waals surface area contributed by atoms with Crippen molar-refractivity contribution < 1.29 is 19.1 Å². The van der Waals surface area contributed by atoms with E-state index in [1.807, 2.05) is 0 Å². The molecule has 0 bridgehead atoms. The highest BCUT2D eigenvalue weighted by molar-refractivity contribution is 5.92. The molecule has 120 valence electrons. The van der Waals surface area contributed by atoms with Gasteiger partial charge in [0.05, 0.1) is 18.3 Å². The second kappa shape index (κ2) is 5.99. The van der Waals surface area contributed by atoms with Crippen molar-refractivity contribution in [2.24, 2.45) is 0 Å². The number of nitrogens with zero attached hydrogens (tertiary/aromatic N) is 4. The number of nitrogens with one attached hydrogen (secondary N) is 1. The SMILES string of the molecule is O=C(O)c1cnc(C(=O)N2CCCC(c3n[nH]c(=O)o3)C2)cn1. The van der Waals surface area contributed by atoms with Crippen molar-refractivity contribution in [3.05, 3.63) is 40.2 Å². The number of carbonyl (C=O) groups excluding carboxylic acids is 1. The van der Waals surface area contributed by atoms with E-state index < -0.39 is 11.7 Å². The van der Waals surface area contributed by atoms with Crippen molar-refractivity contribution in [1.82, 2.24) is 25.1 Å². The summed E-state index contributed by atoms with van der Waals surface area (Å²) in [5.74, 6) is -2.07. The van der Waals surface area contributed by atoms with Gasteiger partial charge in [-0.05, 0) is 12.8 Å². The Bertz CT molecular complexity index is 781. The fourth-order valence-electron chi connectivity index (χ4n) is 2.49. The van der Waals surface area contributed by atoms with Crippen molar-refractivity contribution in [3.63, 3.8) is 0 Å². The summed E-state index contributed by atoms with van der Waals surface area (Å²) in [6, 6.07) is 0. The third-order valence-electron chi connectivity index (χ3n) is 3.60. The molecular weight excluding hydrogens is 306 g/mol. The van der Waals surface area contributed by atoms with Gasteiger partial charge < -0.3 is 14.4 Å². The number of carboxylic acid groups (broad SMARTS) is 1. The van der Waals surface area contributed by atoms with Gasteiger partial charge in [0, 0.05) is 13.1 Å². The molecule has 3 rings (SSSR count). The minimum Gasteiger partial charge on any atom is -0.476 e. The number of carboxylic acids is 1. The summed E-state index contributed by atoms with van der Waals surface area (Å²) >= 11 is 0. The predicted molar refractivity (Wildman–Crippen MR) is 74.0 cm³/mol. The van der Waals surface area contributed by atoms with E-state index in [1.165, 1.54) is 0 Å². The number of H-pyrrole nitrogens is 1. The number of carbonyl (C=O) groups is 2. The molecule has 2 aromatic heterocycles. The van der Waals surface area contributed by atoms with E-state index in [0.29, 0.717) is 13.1 Å². The Morgan fingerprint density at radius 1 is 1.30 bits per heavy atom. The zero-order chi connectivity index (χ0) is 16.4. The number of amides is 1. The highest BCUT2D eigenvalue weighted by atomic mass is 16.4. The number of hydrogen-bond donors (Lipinski definition) is 2. The van der Waals surface area contributed by atoms with Crippen LogP contribution in [0.5, 0.6) is 0 Å². The first-order valence-electron chi connectivity index (χ1n) is 6.94. The summed E-state index contributed by atoms with van der Waals surface area (Å²) in [5, 5.41) is 14.8. The van der Waals surface area contributed by atoms with E-state index in [-0.39, 0.29) is 29.1 Å². The molecule has 1 unspecified atom stereocenters. The van der Waals surface area contributed by atoms with Gasteiger partial charge >= 0.3 is 11.7 Å². The first-order chi connectivity index (χ1) is 11.0. The second-order valence-corrected chi connectivity index (χ2v) is 5.13. The van der Waals surface area contributed by atoms with Crippen LogP contribution in [-0.4, -0.2) is 55.1 Å². The molecule has 10 heteroatoms. The molecule has 1 fully saturated rings. The maximum Gasteiger partial charge on any atom is 0.434 e. The van der Waals surface area contributed by atoms with Crippen LogP contribution in [0.4, 0.5) is 0 Å². The van der Waals surface area contributed by atoms with Crippen LogP contribution in [0.25, 0.3) is 0 Å². The van der Waals surface area contributed by atoms with Gasteiger partial charge in [-0.25, -0.2) is 24.7 Å². The molecule has 1 saturated heterocycles. The highest BCUT2D eigenvalue weighted by Crippen LogP contribution is 2.25. The first kappa shape index (κ1) is 14.9. The molecule has 0 aliphatic carbocycles. The molecule has 0 radical (unpaired) electrons. The molecule has 23 heavy (non-hydrogen) atoms. The minimum absolute atomic E-state index is 0.0686. The average Bonchev–Trinajstić information content (AvgIpc) is 3.01. The molecule has 1 aliphatic heterocycles. The smallest absolute Gasteiger partial charge is 0.434 e. The van der Waals surface area contributed by atoms with Crippen molar-refractivity contribution >= 4 is 11.9 Å². The minimum atomic E-state index is -1.21. The van der Waals surface area contributed by atoms with Crippen LogP contribution < -0.4 is 5.76 Å². The molecular formula is C13H13N5O5. The molecule has 10 nitrogen and oxygen atoms in total. The van der Waals surface area contributed by atoms with Crippen LogP contribution in [0.2, 0.25) is 0 Å². The standard InChI is InChI=1S/C13H13N5O5/c19-11(8-4-15-9(5-14-8)12(20)21)18-3-1-2-7(6-18)10-16-17-13(22)23-10/h4-5,7H,1-3,6H2,(H,17,22)(H,20,21). The lowest BCUT2D eigenvalue weighted by Crippen LogP contribution is -2.39. The maximum atomic E-state index is 12.4. The van der Waals surface area contributed by atoms with Crippen LogP contribution in [0.3, 0.4) is 0 Å². The third-order valence-corrected chi connectivity index (χ3v) is 3.60. The van der Waals surface area contributed by atoms with E-state index in [2.05, 4.69) is 20.2 Å². The van der Waals surface area contributed by atoms with Crippen LogP contribution in [0, 0.1) is 0 Å². The Balaban J connectivity index is 1.74. The molecule has 1 amide bonds. The van der Waals surface area contributed by atoms with Gasteiger partial charge in [-0.1, -0.05) is 0 Å². The summed E-state index contributed by atoms with van der Waals surface area (Å²) in [7, 11) is 0. The fourth-order valence-corrected chi connectivity index (χ4v) is 2.49. The van der Waals surface area contributed by atoms with Crippen LogP contribution in [0.15, 0.2) is 21.6 Å². The Morgan fingerprint density at radius 3 is 2.65 bits per heavy atom. The van der Waals surface area contributed by atoms with Gasteiger partial charge in [0.1, 0.15) is 5.69 Å². The summed E-state index contributed by atoms with van der Waals surface area (Å²) in [6.07, 6.45) is 3.67. The Morgan fingerprint density at radius 2 is 2.04 bits per heavy atom. The normalized spacial score (nSPS) is 17.9. The predicted octanol–water partition coefficient (Wildman–Crippen LogP) is -0.129. The molecule has 0 aromatic carbocycles. The zero-order valence-electron chi connectivity index (χ0n) is 11.9. The average molecular weight is 319 g/mol. The number of rotatable bonds is 3. The molecule has 1 aliphatic rings. The molecule has 3 heterocycles. The Kier molecular flexibility index (Phi) is 3.87. The summed E-state index contributed by atoms with van der Waals surface area (Å²) in [6.45, 7) is 0.876. The fraction of sp³-hybridized carbons (Fsp3) is 0.385. The van der Waals surface area contributed by atoms with Gasteiger partial charge in [-0.3, -0.25) is 4.79 Å². The number of likely N-dealkylation sites (tertiary alicyclic amines) is 1. The van der Waals surface area contributed by atoms with Crippen LogP contribution >= 0.6 is 0 Å². The van der Waals surface area contributed by atoms with E-state index in [1.54, 1.807) is 4.90 Å². The van der Waals surface area contributed by atoms with Crippen molar-refractivity contribution in [2.45, 2.75) is 18.8 Å². The van der Waals surface area contributed by atoms with Crippen molar-refractivity contribution in [2.75, 3.05) is 13.1 Å². The van der Waals surface area contributed by atoms with E-state index in [4.69, 9.17) is 9.52 Å². The summed E-state index contributed by atoms with van der Waals surface area (Å²) in [4.78, 5) is 43.3. The first-order valence-corrected chi connectivity index (χ1v) is 6.94. The lowest BCUT2D eigenvalue weighted by molar-refractivity contribution is 0.0673. The van der Waals surface area contributed by atoms with E-state index in [0.717, 1.165) is 25.2 Å². The van der Waals surface area contributed by atoms with Gasteiger partial charge in [0.25, 0.3) is 5.91 Å². The second-order valence-electron chi connectivity index (χ2n) is 5.13. The van der Waals surface area contributed by atoms with Gasteiger partial charge in [-0.15, -0.1) is 5.10 Å². The summed E-state index contributed by atoms with van der Waals surface area (Å²) < 4.78 is 4.95. The number of aromatic carboxylic acids is 1. The van der Waals surface area contributed by atoms with E-state index in [9.17, 15) is 14.4 Å². The number of piperidine rings is 1. The molecule has 1 atom stereocenters. The number of aromatic nitrogens is 4. The Hall–Kier alpha value is -3.04. The largest absolute Gasteiger partial charge is 0.476 e. The van der Waals surface area contributed by atoms with Gasteiger partial charge in [-0.2, -0.15) is 0 Å². The lowest BCUT2D eigenvalue weighted by atomic mass is 9.98. The molecule has 0 spiro atoms. The topological polar surface area (TPSA) is 142 Å².